The summed E-state index contributed by atoms with van der Waals surface area (Å²) in [6.45, 7) is 2.05. The molecule has 0 N–H and O–H groups in total. The summed E-state index contributed by atoms with van der Waals surface area (Å²) in [6.07, 6.45) is 3.10. The van der Waals surface area contributed by atoms with Crippen LogP contribution in [0.2, 0.25) is 5.02 Å². The van der Waals surface area contributed by atoms with Gasteiger partial charge in [-0.2, -0.15) is 0 Å². The number of hydrogen-bond donors (Lipinski definition) is 0. The fourth-order valence-corrected chi connectivity index (χ4v) is 3.03. The van der Waals surface area contributed by atoms with Crippen LogP contribution in [-0.4, -0.2) is 17.2 Å². The molecular formula is C20H15ClN2O2S. The molecule has 0 aliphatic rings. The first-order chi connectivity index (χ1) is 12.6. The third-order valence-electron chi connectivity index (χ3n) is 3.43. The number of pyridine rings is 1. The molecule has 2 aromatic carbocycles. The minimum Gasteiger partial charge on any atom is -0.313 e. The molecule has 0 amide bonds. The lowest BCUT2D eigenvalue weighted by Gasteiger charge is -2.02. The normalized spacial score (nSPS) is 10.8. The number of carbonyl (C=O) groups is 1. The quantitative estimate of drug-likeness (QED) is 0.337. The molecule has 0 aliphatic carbocycles. The zero-order valence-electron chi connectivity index (χ0n) is 13.9. The van der Waals surface area contributed by atoms with E-state index in [-0.39, 0.29) is 5.56 Å². The Balaban J connectivity index is 1.58. The number of halogens is 1. The van der Waals surface area contributed by atoms with Crippen LogP contribution in [0.4, 0.5) is 0 Å². The van der Waals surface area contributed by atoms with Gasteiger partial charge in [0.05, 0.1) is 16.8 Å². The summed E-state index contributed by atoms with van der Waals surface area (Å²) in [5.41, 5.74) is 2.22. The highest BCUT2D eigenvalue weighted by atomic mass is 35.5. The van der Waals surface area contributed by atoms with E-state index in [2.05, 4.69) is 41.3 Å². The minimum atomic E-state index is -0.605. The van der Waals surface area contributed by atoms with Crippen LogP contribution in [0, 0.1) is 6.92 Å². The van der Waals surface area contributed by atoms with Gasteiger partial charge in [-0.3, -0.25) is 0 Å². The van der Waals surface area contributed by atoms with Crippen LogP contribution in [0.1, 0.15) is 21.5 Å². The fraction of sp³-hybridized carbons (Fsp3) is 0.0500. The Morgan fingerprint density at radius 2 is 1.88 bits per heavy atom. The first kappa shape index (κ1) is 18.2. The van der Waals surface area contributed by atoms with Crippen LogP contribution < -0.4 is 0 Å². The smallest absolute Gasteiger partial charge is 0.313 e. The van der Waals surface area contributed by atoms with Crippen molar-refractivity contribution < 1.29 is 9.63 Å². The van der Waals surface area contributed by atoms with Crippen molar-refractivity contribution in [3.63, 3.8) is 0 Å². The van der Waals surface area contributed by atoms with Crippen LogP contribution in [0.3, 0.4) is 0 Å². The minimum absolute atomic E-state index is 0.272. The maximum absolute atomic E-state index is 11.9. The second-order valence-electron chi connectivity index (χ2n) is 5.44. The molecule has 0 saturated carbocycles. The van der Waals surface area contributed by atoms with Gasteiger partial charge in [0.15, 0.2) is 0 Å². The van der Waals surface area contributed by atoms with Crippen LogP contribution >= 0.6 is 23.4 Å². The number of benzene rings is 2. The molecule has 0 unspecified atom stereocenters. The van der Waals surface area contributed by atoms with E-state index >= 15 is 0 Å². The molecule has 3 rings (SSSR count). The van der Waals surface area contributed by atoms with E-state index in [1.54, 1.807) is 42.2 Å². The van der Waals surface area contributed by atoms with E-state index in [1.807, 2.05) is 12.1 Å². The number of nitrogens with zero attached hydrogens (tertiary/aromatic N) is 2. The van der Waals surface area contributed by atoms with Crippen molar-refractivity contribution in [2.75, 3.05) is 0 Å². The Morgan fingerprint density at radius 1 is 1.12 bits per heavy atom. The molecule has 1 aromatic heterocycles. The summed E-state index contributed by atoms with van der Waals surface area (Å²) in [5.74, 6) is -0.605. The highest BCUT2D eigenvalue weighted by Gasteiger charge is 2.10. The molecule has 0 fully saturated rings. The summed E-state index contributed by atoms with van der Waals surface area (Å²) in [6, 6.07) is 18.7. The molecule has 0 radical (unpaired) electrons. The lowest BCUT2D eigenvalue weighted by atomic mass is 10.2. The molecule has 0 atom stereocenters. The first-order valence-corrected chi connectivity index (χ1v) is 9.01. The van der Waals surface area contributed by atoms with E-state index in [0.29, 0.717) is 5.02 Å². The molecular weight excluding hydrogens is 368 g/mol. The van der Waals surface area contributed by atoms with Crippen LogP contribution in [0.25, 0.3) is 0 Å². The van der Waals surface area contributed by atoms with Gasteiger partial charge in [-0.25, -0.2) is 9.78 Å². The largest absolute Gasteiger partial charge is 0.367 e. The fourth-order valence-electron chi connectivity index (χ4n) is 2.07. The highest BCUT2D eigenvalue weighted by Crippen LogP contribution is 2.25. The van der Waals surface area contributed by atoms with Gasteiger partial charge in [0.1, 0.15) is 5.03 Å². The number of aromatic nitrogens is 1. The number of carbonyl (C=O) groups excluding carboxylic acids is 1. The third-order valence-corrected chi connectivity index (χ3v) is 4.72. The SMILES string of the molecule is Cc1ccc(Sc2ccc(C=NOC(=O)c3ccccc3Cl)cn2)cc1. The number of hydrogen-bond acceptors (Lipinski definition) is 5. The average Bonchev–Trinajstić information content (AvgIpc) is 2.65. The maximum Gasteiger partial charge on any atom is 0.367 e. The van der Waals surface area contributed by atoms with Gasteiger partial charge in [0.25, 0.3) is 0 Å². The summed E-state index contributed by atoms with van der Waals surface area (Å²) in [7, 11) is 0. The maximum atomic E-state index is 11.9. The number of aryl methyl sites for hydroxylation is 1. The van der Waals surface area contributed by atoms with Crippen molar-refractivity contribution in [2.45, 2.75) is 16.8 Å². The Hall–Kier alpha value is -2.63. The summed E-state index contributed by atoms with van der Waals surface area (Å²) in [4.78, 5) is 22.3. The number of oxime groups is 1. The monoisotopic (exact) mass is 382 g/mol. The van der Waals surface area contributed by atoms with Crippen LogP contribution in [-0.2, 0) is 4.84 Å². The predicted molar refractivity (Wildman–Crippen MR) is 104 cm³/mol. The Labute approximate surface area is 160 Å². The van der Waals surface area contributed by atoms with Gasteiger partial charge < -0.3 is 4.84 Å². The van der Waals surface area contributed by atoms with E-state index < -0.39 is 5.97 Å². The van der Waals surface area contributed by atoms with Crippen molar-refractivity contribution in [3.8, 4) is 0 Å². The Kier molecular flexibility index (Phi) is 6.04. The summed E-state index contributed by atoms with van der Waals surface area (Å²) >= 11 is 7.52. The summed E-state index contributed by atoms with van der Waals surface area (Å²) < 4.78 is 0. The first-order valence-electron chi connectivity index (χ1n) is 7.81. The lowest BCUT2D eigenvalue weighted by molar-refractivity contribution is 0.0519. The molecule has 6 heteroatoms. The van der Waals surface area contributed by atoms with Crippen LogP contribution in [0.5, 0.6) is 0 Å². The van der Waals surface area contributed by atoms with Gasteiger partial charge in [-0.15, -0.1) is 0 Å². The van der Waals surface area contributed by atoms with E-state index in [1.165, 1.54) is 11.8 Å². The summed E-state index contributed by atoms with van der Waals surface area (Å²) in [5, 5.41) is 4.90. The van der Waals surface area contributed by atoms with Crippen molar-refractivity contribution in [1.82, 2.24) is 4.98 Å². The van der Waals surface area contributed by atoms with Gasteiger partial charge in [-0.1, -0.05) is 58.3 Å². The van der Waals surface area contributed by atoms with Gasteiger partial charge in [-0.05, 0) is 43.3 Å². The van der Waals surface area contributed by atoms with Gasteiger partial charge in [0, 0.05) is 16.7 Å². The molecule has 3 aromatic rings. The molecule has 0 spiro atoms. The zero-order chi connectivity index (χ0) is 18.4. The molecule has 1 heterocycles. The molecule has 130 valence electrons. The predicted octanol–water partition coefficient (Wildman–Crippen LogP) is 5.39. The second-order valence-corrected chi connectivity index (χ2v) is 6.94. The second kappa shape index (κ2) is 8.65. The van der Waals surface area contributed by atoms with Gasteiger partial charge in [0.2, 0.25) is 0 Å². The van der Waals surface area contributed by atoms with E-state index in [0.717, 1.165) is 15.5 Å². The molecule has 0 saturated heterocycles. The topological polar surface area (TPSA) is 51.5 Å². The third kappa shape index (κ3) is 4.94. The van der Waals surface area contributed by atoms with Gasteiger partial charge >= 0.3 is 5.97 Å². The average molecular weight is 383 g/mol. The number of rotatable bonds is 5. The van der Waals surface area contributed by atoms with Crippen molar-refractivity contribution in [2.24, 2.45) is 5.16 Å². The standard InChI is InChI=1S/C20H15ClN2O2S/c1-14-6-9-16(10-7-14)26-19-11-8-15(12-22-19)13-23-25-20(24)17-4-2-3-5-18(17)21/h2-13H,1H3. The molecule has 26 heavy (non-hydrogen) atoms. The molecule has 4 nitrogen and oxygen atoms in total. The van der Waals surface area contributed by atoms with Crippen LogP contribution in [0.15, 0.2) is 81.9 Å². The Morgan fingerprint density at radius 3 is 2.58 bits per heavy atom. The van der Waals surface area contributed by atoms with Crippen molar-refractivity contribution in [3.05, 3.63) is 88.6 Å². The molecule has 0 aliphatic heterocycles. The lowest BCUT2D eigenvalue weighted by Crippen LogP contribution is -2.01. The zero-order valence-corrected chi connectivity index (χ0v) is 15.5. The van der Waals surface area contributed by atoms with E-state index in [9.17, 15) is 4.79 Å². The van der Waals surface area contributed by atoms with E-state index in [4.69, 9.17) is 16.4 Å². The highest BCUT2D eigenvalue weighted by molar-refractivity contribution is 7.99. The Bertz CT molecular complexity index is 925. The molecule has 0 bridgehead atoms. The van der Waals surface area contributed by atoms with Crippen molar-refractivity contribution in [1.29, 1.82) is 0 Å². The van der Waals surface area contributed by atoms with Crippen molar-refractivity contribution >= 4 is 35.5 Å².